The van der Waals surface area contributed by atoms with Crippen LogP contribution >= 0.6 is 0 Å². The lowest BCUT2D eigenvalue weighted by Crippen LogP contribution is -2.34. The van der Waals surface area contributed by atoms with E-state index in [0.29, 0.717) is 28.8 Å². The van der Waals surface area contributed by atoms with E-state index >= 15 is 0 Å². The van der Waals surface area contributed by atoms with Gasteiger partial charge in [-0.15, -0.1) is 0 Å². The molecule has 3 heterocycles. The van der Waals surface area contributed by atoms with Gasteiger partial charge in [-0.25, -0.2) is 19.6 Å². The van der Waals surface area contributed by atoms with E-state index in [-0.39, 0.29) is 11.4 Å². The lowest BCUT2D eigenvalue weighted by Gasteiger charge is -2.12. The van der Waals surface area contributed by atoms with Crippen LogP contribution in [0.5, 0.6) is 5.75 Å². The van der Waals surface area contributed by atoms with Crippen LogP contribution in [0.3, 0.4) is 0 Å². The average molecular weight is 561 g/mol. The Morgan fingerprint density at radius 1 is 0.690 bits per heavy atom. The number of methoxy groups -OCH3 is 2. The minimum absolute atomic E-state index is 0.109. The number of carbonyl (C=O) groups excluding carboxylic acids is 2. The number of esters is 2. The number of fused-ring (bicyclic) bond motifs is 6. The third-order valence-electron chi connectivity index (χ3n) is 7.45. The number of carbonyl (C=O) groups is 2. The van der Waals surface area contributed by atoms with E-state index in [1.165, 1.54) is 35.9 Å². The van der Waals surface area contributed by atoms with Crippen molar-refractivity contribution in [3.05, 3.63) is 96.4 Å². The molecule has 42 heavy (non-hydrogen) atoms. The van der Waals surface area contributed by atoms with Crippen LogP contribution in [0.15, 0.2) is 85.1 Å². The van der Waals surface area contributed by atoms with Gasteiger partial charge in [0.1, 0.15) is 23.5 Å². The smallest absolute Gasteiger partial charge is 0.356 e. The summed E-state index contributed by atoms with van der Waals surface area (Å²) < 4.78 is 18.3. The maximum Gasteiger partial charge on any atom is 0.356 e. The summed E-state index contributed by atoms with van der Waals surface area (Å²) in [4.78, 5) is 33.6. The molecule has 0 saturated carbocycles. The normalized spacial score (nSPS) is 11.3. The molecule has 0 aliphatic carbocycles. The Labute approximate surface area is 242 Å². The first-order chi connectivity index (χ1) is 20.6. The fraction of sp³-hybridized carbons (Fsp3) is 0.206. The first kappa shape index (κ1) is 27.1. The van der Waals surface area contributed by atoms with Crippen molar-refractivity contribution >= 4 is 55.4 Å². The second-order valence-electron chi connectivity index (χ2n) is 10.1. The molecule has 3 aromatic carbocycles. The number of unbranched alkanes of at least 4 members (excludes halogenated alkanes) is 2. The number of para-hydroxylation sites is 1. The van der Waals surface area contributed by atoms with E-state index in [1.807, 2.05) is 12.1 Å². The van der Waals surface area contributed by atoms with E-state index in [1.54, 1.807) is 18.2 Å². The Morgan fingerprint density at radius 2 is 1.40 bits per heavy atom. The van der Waals surface area contributed by atoms with Gasteiger partial charge in [0.05, 0.1) is 31.7 Å². The van der Waals surface area contributed by atoms with Crippen molar-refractivity contribution in [3.63, 3.8) is 0 Å². The number of rotatable bonds is 9. The number of ether oxygens (including phenoxy) is 3. The standard InChI is InChI=1S/C34H30N3O5/c1-40-33(38)27-17-15-22-14-16-26-30(20-28(34(39)41-2)36-32(26)31(22)35-27)42-19-9-3-8-18-37-21-23-10-4-5-11-24(23)25-12-6-7-13-29(25)37/h4-7,10-17,20-21H,3,8-9,18-19H2,1-2H3/q+1. The SMILES string of the molecule is COC(=O)c1ccc2ccc3c(OCCCCC[n+]4cc5ccccc5c5ccccc54)cc(C(=O)OC)nc3c2n1. The summed E-state index contributed by atoms with van der Waals surface area (Å²) in [6, 6.07) is 25.8. The second-order valence-corrected chi connectivity index (χ2v) is 10.1. The summed E-state index contributed by atoms with van der Waals surface area (Å²) in [5.74, 6) is -0.616. The summed E-state index contributed by atoms with van der Waals surface area (Å²) in [7, 11) is 2.61. The molecule has 3 aromatic heterocycles. The molecule has 0 bridgehead atoms. The van der Waals surface area contributed by atoms with Gasteiger partial charge in [-0.1, -0.05) is 42.5 Å². The monoisotopic (exact) mass is 560 g/mol. The van der Waals surface area contributed by atoms with E-state index in [2.05, 4.69) is 69.3 Å². The van der Waals surface area contributed by atoms with Gasteiger partial charge >= 0.3 is 11.9 Å². The van der Waals surface area contributed by atoms with Crippen molar-refractivity contribution in [2.75, 3.05) is 20.8 Å². The molecule has 8 heteroatoms. The Morgan fingerprint density at radius 3 is 2.24 bits per heavy atom. The lowest BCUT2D eigenvalue weighted by atomic mass is 10.1. The highest BCUT2D eigenvalue weighted by molar-refractivity contribution is 6.08. The highest BCUT2D eigenvalue weighted by Gasteiger charge is 2.18. The molecule has 0 fully saturated rings. The van der Waals surface area contributed by atoms with Gasteiger partial charge in [0.2, 0.25) is 5.52 Å². The minimum Gasteiger partial charge on any atom is -0.493 e. The van der Waals surface area contributed by atoms with Crippen molar-refractivity contribution in [2.45, 2.75) is 25.8 Å². The summed E-state index contributed by atoms with van der Waals surface area (Å²) >= 11 is 0. The van der Waals surface area contributed by atoms with Gasteiger partial charge in [0.15, 0.2) is 11.9 Å². The molecule has 0 N–H and O–H groups in total. The zero-order chi connectivity index (χ0) is 29.1. The van der Waals surface area contributed by atoms with Crippen LogP contribution in [0.4, 0.5) is 0 Å². The molecule has 0 atom stereocenters. The lowest BCUT2D eigenvalue weighted by molar-refractivity contribution is -0.670. The van der Waals surface area contributed by atoms with Crippen LogP contribution in [0.1, 0.15) is 40.2 Å². The number of hydrogen-bond acceptors (Lipinski definition) is 7. The average Bonchev–Trinajstić information content (AvgIpc) is 3.04. The van der Waals surface area contributed by atoms with Crippen LogP contribution in [0, 0.1) is 0 Å². The molecular weight excluding hydrogens is 530 g/mol. The molecule has 0 spiro atoms. The van der Waals surface area contributed by atoms with E-state index < -0.39 is 11.9 Å². The molecule has 0 aliphatic rings. The summed E-state index contributed by atoms with van der Waals surface area (Å²) in [6.07, 6.45) is 5.02. The van der Waals surface area contributed by atoms with Crippen molar-refractivity contribution in [1.29, 1.82) is 0 Å². The fourth-order valence-corrected chi connectivity index (χ4v) is 5.36. The number of aryl methyl sites for hydroxylation is 1. The highest BCUT2D eigenvalue weighted by Crippen LogP contribution is 2.31. The summed E-state index contributed by atoms with van der Waals surface area (Å²) in [5, 5.41) is 5.21. The molecule has 0 saturated heterocycles. The van der Waals surface area contributed by atoms with Gasteiger partial charge < -0.3 is 14.2 Å². The molecule has 6 aromatic rings. The van der Waals surface area contributed by atoms with Crippen LogP contribution in [0.25, 0.3) is 43.5 Å². The Hall–Kier alpha value is -5.11. The second kappa shape index (κ2) is 11.8. The Bertz CT molecular complexity index is 1970. The first-order valence-corrected chi connectivity index (χ1v) is 13.9. The maximum atomic E-state index is 12.5. The third-order valence-corrected chi connectivity index (χ3v) is 7.45. The number of nitrogens with zero attached hydrogens (tertiary/aromatic N) is 3. The third kappa shape index (κ3) is 5.19. The van der Waals surface area contributed by atoms with Gasteiger partial charge in [0.25, 0.3) is 0 Å². The number of aromatic nitrogens is 3. The Kier molecular flexibility index (Phi) is 7.60. The van der Waals surface area contributed by atoms with Crippen molar-refractivity contribution in [1.82, 2.24) is 9.97 Å². The number of hydrogen-bond donors (Lipinski definition) is 0. The molecule has 0 amide bonds. The summed E-state index contributed by atoms with van der Waals surface area (Å²) in [6.45, 7) is 1.37. The molecule has 6 rings (SSSR count). The summed E-state index contributed by atoms with van der Waals surface area (Å²) in [5.41, 5.74) is 2.42. The van der Waals surface area contributed by atoms with Crippen molar-refractivity contribution < 1.29 is 28.4 Å². The number of benzene rings is 3. The molecule has 0 aliphatic heterocycles. The number of pyridine rings is 3. The van der Waals surface area contributed by atoms with E-state index in [4.69, 9.17) is 14.2 Å². The van der Waals surface area contributed by atoms with Crippen molar-refractivity contribution in [3.8, 4) is 5.75 Å². The molecular formula is C34H30N3O5+. The highest BCUT2D eigenvalue weighted by atomic mass is 16.5. The molecule has 210 valence electrons. The maximum absolute atomic E-state index is 12.5. The quantitative estimate of drug-likeness (QED) is 0.0900. The zero-order valence-corrected chi connectivity index (χ0v) is 23.5. The van der Waals surface area contributed by atoms with Gasteiger partial charge in [0, 0.05) is 40.1 Å². The Balaban J connectivity index is 1.19. The van der Waals surface area contributed by atoms with Crippen LogP contribution < -0.4 is 9.30 Å². The van der Waals surface area contributed by atoms with Crippen LogP contribution in [-0.2, 0) is 16.0 Å². The van der Waals surface area contributed by atoms with Crippen LogP contribution in [-0.4, -0.2) is 42.7 Å². The minimum atomic E-state index is -0.581. The fourth-order valence-electron chi connectivity index (χ4n) is 5.36. The van der Waals surface area contributed by atoms with Gasteiger partial charge in [-0.2, -0.15) is 4.57 Å². The predicted octanol–water partition coefficient (Wildman–Crippen LogP) is 6.20. The van der Waals surface area contributed by atoms with E-state index in [0.717, 1.165) is 31.2 Å². The molecule has 0 radical (unpaired) electrons. The topological polar surface area (TPSA) is 91.5 Å². The molecule has 8 nitrogen and oxygen atoms in total. The van der Waals surface area contributed by atoms with E-state index in [9.17, 15) is 9.59 Å². The van der Waals surface area contributed by atoms with Gasteiger partial charge in [-0.05, 0) is 37.1 Å². The largest absolute Gasteiger partial charge is 0.493 e. The zero-order valence-electron chi connectivity index (χ0n) is 23.5. The van der Waals surface area contributed by atoms with Crippen LogP contribution in [0.2, 0.25) is 0 Å². The predicted molar refractivity (Wildman–Crippen MR) is 161 cm³/mol. The van der Waals surface area contributed by atoms with Crippen molar-refractivity contribution in [2.24, 2.45) is 0 Å². The molecule has 0 unspecified atom stereocenters. The van der Waals surface area contributed by atoms with Gasteiger partial charge in [-0.3, -0.25) is 0 Å². The first-order valence-electron chi connectivity index (χ1n) is 13.9.